The SMILES string of the molecule is FC(F)(F)c1ccc(NCC23CCCN2CCC3)cc1. The molecule has 0 bridgehead atoms. The maximum Gasteiger partial charge on any atom is 0.416 e. The minimum atomic E-state index is -4.26. The van der Waals surface area contributed by atoms with E-state index in [4.69, 9.17) is 0 Å². The van der Waals surface area contributed by atoms with E-state index in [0.29, 0.717) is 0 Å². The predicted octanol–water partition coefficient (Wildman–Crippen LogP) is 3.75. The third-order valence-corrected chi connectivity index (χ3v) is 4.64. The molecule has 0 unspecified atom stereocenters. The standard InChI is InChI=1S/C15H19F3N2/c16-15(17,18)12-3-5-13(6-4-12)19-11-14-7-1-9-20(14)10-2-8-14/h3-6,19H,1-2,7-11H2. The molecule has 2 aliphatic heterocycles. The maximum atomic E-state index is 12.5. The van der Waals surface area contributed by atoms with E-state index in [1.54, 1.807) is 0 Å². The number of anilines is 1. The van der Waals surface area contributed by atoms with Gasteiger partial charge in [0.05, 0.1) is 5.56 Å². The van der Waals surface area contributed by atoms with Crippen molar-refractivity contribution in [2.45, 2.75) is 37.4 Å². The van der Waals surface area contributed by atoms with Gasteiger partial charge in [0.25, 0.3) is 0 Å². The van der Waals surface area contributed by atoms with Gasteiger partial charge in [-0.05, 0) is 63.0 Å². The topological polar surface area (TPSA) is 15.3 Å². The van der Waals surface area contributed by atoms with Crippen LogP contribution in [0.3, 0.4) is 0 Å². The average molecular weight is 284 g/mol. The molecule has 5 heteroatoms. The first-order valence-corrected chi connectivity index (χ1v) is 7.16. The van der Waals surface area contributed by atoms with Crippen LogP contribution >= 0.6 is 0 Å². The molecule has 2 aliphatic rings. The van der Waals surface area contributed by atoms with Crippen molar-refractivity contribution < 1.29 is 13.2 Å². The normalized spacial score (nSPS) is 21.9. The van der Waals surface area contributed by atoms with Crippen LogP contribution in [-0.2, 0) is 6.18 Å². The van der Waals surface area contributed by atoms with Gasteiger partial charge in [0.1, 0.15) is 0 Å². The van der Waals surface area contributed by atoms with Gasteiger partial charge in [-0.15, -0.1) is 0 Å². The molecule has 110 valence electrons. The van der Waals surface area contributed by atoms with Crippen LogP contribution in [0.4, 0.5) is 18.9 Å². The van der Waals surface area contributed by atoms with Gasteiger partial charge >= 0.3 is 6.18 Å². The first-order chi connectivity index (χ1) is 9.50. The number of nitrogens with zero attached hydrogens (tertiary/aromatic N) is 1. The summed E-state index contributed by atoms with van der Waals surface area (Å²) in [4.78, 5) is 2.53. The number of nitrogens with one attached hydrogen (secondary N) is 1. The van der Waals surface area contributed by atoms with E-state index in [1.807, 2.05) is 0 Å². The summed E-state index contributed by atoms with van der Waals surface area (Å²) in [6, 6.07) is 5.32. The van der Waals surface area contributed by atoms with Gasteiger partial charge in [0, 0.05) is 17.8 Å². The summed E-state index contributed by atoms with van der Waals surface area (Å²) < 4.78 is 37.5. The fraction of sp³-hybridized carbons (Fsp3) is 0.600. The number of alkyl halides is 3. The second kappa shape index (κ2) is 4.95. The summed E-state index contributed by atoms with van der Waals surface area (Å²) in [6.07, 6.45) is 0.593. The van der Waals surface area contributed by atoms with Crippen LogP contribution in [0.5, 0.6) is 0 Å². The van der Waals surface area contributed by atoms with Gasteiger partial charge in [-0.2, -0.15) is 13.2 Å². The molecule has 20 heavy (non-hydrogen) atoms. The van der Waals surface area contributed by atoms with Crippen LogP contribution < -0.4 is 5.32 Å². The molecule has 0 aliphatic carbocycles. The number of hydrogen-bond donors (Lipinski definition) is 1. The number of hydrogen-bond acceptors (Lipinski definition) is 2. The quantitative estimate of drug-likeness (QED) is 0.909. The molecule has 0 radical (unpaired) electrons. The van der Waals surface area contributed by atoms with Gasteiger partial charge in [0.15, 0.2) is 0 Å². The van der Waals surface area contributed by atoms with Crippen molar-refractivity contribution in [2.75, 3.05) is 25.0 Å². The largest absolute Gasteiger partial charge is 0.416 e. The molecule has 2 saturated heterocycles. The van der Waals surface area contributed by atoms with Crippen molar-refractivity contribution in [1.82, 2.24) is 4.90 Å². The molecule has 3 rings (SSSR count). The Labute approximate surface area is 117 Å². The predicted molar refractivity (Wildman–Crippen MR) is 72.7 cm³/mol. The van der Waals surface area contributed by atoms with Crippen molar-refractivity contribution in [1.29, 1.82) is 0 Å². The van der Waals surface area contributed by atoms with E-state index in [2.05, 4.69) is 10.2 Å². The summed E-state index contributed by atoms with van der Waals surface area (Å²) in [5.41, 5.74) is 0.415. The Kier molecular flexibility index (Phi) is 3.40. The number of rotatable bonds is 3. The van der Waals surface area contributed by atoms with Crippen molar-refractivity contribution >= 4 is 5.69 Å². The van der Waals surface area contributed by atoms with Crippen molar-refractivity contribution in [3.63, 3.8) is 0 Å². The van der Waals surface area contributed by atoms with Crippen LogP contribution in [0.1, 0.15) is 31.2 Å². The molecule has 2 nitrogen and oxygen atoms in total. The van der Waals surface area contributed by atoms with E-state index in [1.165, 1.54) is 37.8 Å². The lowest BCUT2D eigenvalue weighted by Crippen LogP contribution is -2.44. The molecule has 2 fully saturated rings. The number of fused-ring (bicyclic) bond motifs is 1. The highest BCUT2D eigenvalue weighted by molar-refractivity contribution is 5.45. The van der Waals surface area contributed by atoms with Crippen LogP contribution in [0.2, 0.25) is 0 Å². The Morgan fingerprint density at radius 1 is 1.05 bits per heavy atom. The van der Waals surface area contributed by atoms with Crippen LogP contribution in [0.15, 0.2) is 24.3 Å². The lowest BCUT2D eigenvalue weighted by atomic mass is 9.94. The Bertz CT molecular complexity index is 457. The zero-order valence-electron chi connectivity index (χ0n) is 11.3. The van der Waals surface area contributed by atoms with Crippen molar-refractivity contribution in [3.8, 4) is 0 Å². The summed E-state index contributed by atoms with van der Waals surface area (Å²) in [5, 5.41) is 3.32. The smallest absolute Gasteiger partial charge is 0.383 e. The van der Waals surface area contributed by atoms with Crippen LogP contribution in [0, 0.1) is 0 Å². The second-order valence-electron chi connectivity index (χ2n) is 5.85. The summed E-state index contributed by atoms with van der Waals surface area (Å²) in [5.74, 6) is 0. The zero-order chi connectivity index (χ0) is 14.2. The molecule has 1 aromatic rings. The summed E-state index contributed by atoms with van der Waals surface area (Å²) in [6.45, 7) is 3.15. The second-order valence-corrected chi connectivity index (χ2v) is 5.85. The molecular weight excluding hydrogens is 265 g/mol. The van der Waals surface area contributed by atoms with E-state index < -0.39 is 11.7 Å². The van der Waals surface area contributed by atoms with Gasteiger partial charge in [-0.3, -0.25) is 4.90 Å². The lowest BCUT2D eigenvalue weighted by molar-refractivity contribution is -0.137. The minimum Gasteiger partial charge on any atom is -0.383 e. The zero-order valence-corrected chi connectivity index (χ0v) is 11.3. The highest BCUT2D eigenvalue weighted by atomic mass is 19.4. The summed E-state index contributed by atoms with van der Waals surface area (Å²) >= 11 is 0. The third-order valence-electron chi connectivity index (χ3n) is 4.64. The Morgan fingerprint density at radius 2 is 1.65 bits per heavy atom. The molecule has 0 saturated carbocycles. The molecule has 0 aromatic heterocycles. The van der Waals surface area contributed by atoms with Gasteiger partial charge in [-0.1, -0.05) is 0 Å². The average Bonchev–Trinajstić information content (AvgIpc) is 2.95. The van der Waals surface area contributed by atoms with Crippen LogP contribution in [0.25, 0.3) is 0 Å². The Balaban J connectivity index is 1.64. The highest BCUT2D eigenvalue weighted by Crippen LogP contribution is 2.39. The van der Waals surface area contributed by atoms with Gasteiger partial charge in [0.2, 0.25) is 0 Å². The Hall–Kier alpha value is -1.23. The minimum absolute atomic E-state index is 0.239. The van der Waals surface area contributed by atoms with Gasteiger partial charge in [-0.25, -0.2) is 0 Å². The molecule has 0 atom stereocenters. The molecule has 0 amide bonds. The van der Waals surface area contributed by atoms with Gasteiger partial charge < -0.3 is 5.32 Å². The maximum absolute atomic E-state index is 12.5. The highest BCUT2D eigenvalue weighted by Gasteiger charge is 2.43. The molecule has 1 aromatic carbocycles. The van der Waals surface area contributed by atoms with E-state index in [0.717, 1.165) is 37.5 Å². The number of halogens is 3. The Morgan fingerprint density at radius 3 is 2.20 bits per heavy atom. The molecule has 2 heterocycles. The molecule has 1 N–H and O–H groups in total. The van der Waals surface area contributed by atoms with E-state index in [9.17, 15) is 13.2 Å². The lowest BCUT2D eigenvalue weighted by Gasteiger charge is -2.32. The van der Waals surface area contributed by atoms with Crippen molar-refractivity contribution in [3.05, 3.63) is 29.8 Å². The first kappa shape index (κ1) is 13.7. The monoisotopic (exact) mass is 284 g/mol. The first-order valence-electron chi connectivity index (χ1n) is 7.16. The third kappa shape index (κ3) is 2.51. The fourth-order valence-electron chi connectivity index (χ4n) is 3.56. The number of benzene rings is 1. The van der Waals surface area contributed by atoms with Crippen molar-refractivity contribution in [2.24, 2.45) is 0 Å². The van der Waals surface area contributed by atoms with E-state index >= 15 is 0 Å². The fourth-order valence-corrected chi connectivity index (χ4v) is 3.56. The van der Waals surface area contributed by atoms with Crippen LogP contribution in [-0.4, -0.2) is 30.1 Å². The summed E-state index contributed by atoms with van der Waals surface area (Å²) in [7, 11) is 0. The van der Waals surface area contributed by atoms with E-state index in [-0.39, 0.29) is 5.54 Å². The molecule has 0 spiro atoms. The molecular formula is C15H19F3N2.